The van der Waals surface area contributed by atoms with Gasteiger partial charge in [-0.3, -0.25) is 14.4 Å². The van der Waals surface area contributed by atoms with E-state index >= 15 is 0 Å². The first-order valence-corrected chi connectivity index (χ1v) is 15.6. The highest BCUT2D eigenvalue weighted by molar-refractivity contribution is 8.00. The van der Waals surface area contributed by atoms with E-state index in [1.54, 1.807) is 0 Å². The number of unbranched alkanes of at least 4 members (excludes halogenated alkanes) is 5. The molecule has 0 aliphatic carbocycles. The second-order valence-electron chi connectivity index (χ2n) is 10.4. The van der Waals surface area contributed by atoms with Crippen LogP contribution in [0, 0.1) is 18.8 Å². The summed E-state index contributed by atoms with van der Waals surface area (Å²) in [7, 11) is 0. The predicted octanol–water partition coefficient (Wildman–Crippen LogP) is 4.39. The smallest absolute Gasteiger partial charge is 0.315 e. The van der Waals surface area contributed by atoms with Gasteiger partial charge in [0.1, 0.15) is 0 Å². The number of urea groups is 1. The summed E-state index contributed by atoms with van der Waals surface area (Å²) >= 11 is 1.91. The van der Waals surface area contributed by atoms with E-state index in [2.05, 4.69) is 34.7 Å². The van der Waals surface area contributed by atoms with E-state index in [1.807, 2.05) is 47.0 Å². The van der Waals surface area contributed by atoms with Gasteiger partial charge in [0.25, 0.3) is 0 Å². The van der Waals surface area contributed by atoms with Crippen LogP contribution in [0.4, 0.5) is 10.5 Å². The van der Waals surface area contributed by atoms with Crippen molar-refractivity contribution in [2.45, 2.75) is 94.4 Å². The minimum Gasteiger partial charge on any atom is -0.356 e. The van der Waals surface area contributed by atoms with Crippen LogP contribution in [0.5, 0.6) is 0 Å². The second kappa shape index (κ2) is 17.6. The standard InChI is InChI=1S/C31H43N4O4S/c1-2-14-25(36)17-8-4-12-21-32-28(37)19-9-5-13-22-35(24-15-6-3-7-16-24)29(38)20-11-10-18-27-30-26(23-40-27)33-31(39)34-30/h3,6-7,15-16,26-27,30H,1,4-5,8-13,17-23H2,(H,32,37)(H2,33,34,39)/t26-,27-,30-/m0/s1. The Morgan fingerprint density at radius 1 is 0.950 bits per heavy atom. The Hall–Kier alpha value is -2.99. The van der Waals surface area contributed by atoms with Crippen LogP contribution in [0.2, 0.25) is 0 Å². The molecule has 0 saturated carbocycles. The first kappa shape index (κ1) is 31.5. The van der Waals surface area contributed by atoms with Gasteiger partial charge in [0.15, 0.2) is 0 Å². The number of carbonyl (C=O) groups is 4. The zero-order valence-corrected chi connectivity index (χ0v) is 24.2. The molecular formula is C31H43N4O4S. The number of benzene rings is 1. The summed E-state index contributed by atoms with van der Waals surface area (Å²) in [6.07, 6.45) is 9.22. The number of carbonyl (C=O) groups excluding carboxylic acids is 4. The lowest BCUT2D eigenvalue weighted by Crippen LogP contribution is -2.36. The molecule has 1 radical (unpaired) electrons. The molecule has 2 heterocycles. The minimum absolute atomic E-state index is 0.0506. The van der Waals surface area contributed by atoms with Crippen molar-refractivity contribution in [3.63, 3.8) is 0 Å². The number of nitrogens with zero attached hydrogens (tertiary/aromatic N) is 1. The molecule has 2 fully saturated rings. The summed E-state index contributed by atoms with van der Waals surface area (Å²) < 4.78 is 0. The van der Waals surface area contributed by atoms with Crippen molar-refractivity contribution >= 4 is 41.1 Å². The number of Topliss-reactive ketones (excluding diaryl/α,β-unsaturated/α-hetero) is 1. The minimum atomic E-state index is -0.0812. The molecule has 0 spiro atoms. The molecule has 2 saturated heterocycles. The zero-order valence-electron chi connectivity index (χ0n) is 23.4. The van der Waals surface area contributed by atoms with Crippen LogP contribution in [0.1, 0.15) is 77.0 Å². The molecule has 0 bridgehead atoms. The van der Waals surface area contributed by atoms with E-state index < -0.39 is 0 Å². The fourth-order valence-corrected chi connectivity index (χ4v) is 6.75. The summed E-state index contributed by atoms with van der Waals surface area (Å²) in [5.41, 5.74) is 0.916. The van der Waals surface area contributed by atoms with Gasteiger partial charge in [0, 0.05) is 56.0 Å². The lowest BCUT2D eigenvalue weighted by atomic mass is 10.0. The van der Waals surface area contributed by atoms with Gasteiger partial charge in [-0.05, 0) is 56.6 Å². The molecule has 3 rings (SSSR count). The Labute approximate surface area is 243 Å². The first-order chi connectivity index (χ1) is 19.5. The van der Waals surface area contributed by atoms with Gasteiger partial charge in [0.05, 0.1) is 12.1 Å². The molecule has 1 aromatic rings. The normalized spacial score (nSPS) is 19.1. The topological polar surface area (TPSA) is 108 Å². The van der Waals surface area contributed by atoms with E-state index in [0.717, 1.165) is 69.2 Å². The predicted molar refractivity (Wildman–Crippen MR) is 161 cm³/mol. The number of rotatable bonds is 18. The Kier molecular flexibility index (Phi) is 13.9. The highest BCUT2D eigenvalue weighted by Gasteiger charge is 2.42. The van der Waals surface area contributed by atoms with Gasteiger partial charge in [-0.15, -0.1) is 0 Å². The second-order valence-corrected chi connectivity index (χ2v) is 11.7. The molecule has 3 atom stereocenters. The van der Waals surface area contributed by atoms with Crippen molar-refractivity contribution in [1.82, 2.24) is 16.0 Å². The number of hydrogen-bond donors (Lipinski definition) is 3. The molecule has 9 heteroatoms. The molecule has 0 unspecified atom stereocenters. The molecule has 4 amide bonds. The van der Waals surface area contributed by atoms with Crippen LogP contribution in [-0.4, -0.2) is 59.8 Å². The average molecular weight is 568 g/mol. The summed E-state index contributed by atoms with van der Waals surface area (Å²) in [5, 5.41) is 9.37. The fraction of sp³-hybridized carbons (Fsp3) is 0.581. The van der Waals surface area contributed by atoms with E-state index in [9.17, 15) is 19.2 Å². The fourth-order valence-electron chi connectivity index (χ4n) is 5.20. The van der Waals surface area contributed by atoms with E-state index in [0.29, 0.717) is 37.6 Å². The molecule has 217 valence electrons. The van der Waals surface area contributed by atoms with Crippen molar-refractivity contribution in [1.29, 1.82) is 0 Å². The van der Waals surface area contributed by atoms with Crippen LogP contribution >= 0.6 is 11.8 Å². The molecule has 0 aromatic heterocycles. The van der Waals surface area contributed by atoms with Gasteiger partial charge < -0.3 is 20.9 Å². The van der Waals surface area contributed by atoms with Gasteiger partial charge >= 0.3 is 6.03 Å². The third kappa shape index (κ3) is 10.9. The van der Waals surface area contributed by atoms with Crippen molar-refractivity contribution in [2.24, 2.45) is 0 Å². The first-order valence-electron chi connectivity index (χ1n) is 14.6. The Morgan fingerprint density at radius 2 is 1.70 bits per heavy atom. The Bertz CT molecular complexity index is 1040. The van der Waals surface area contributed by atoms with Crippen molar-refractivity contribution in [3.05, 3.63) is 37.3 Å². The molecule has 3 N–H and O–H groups in total. The van der Waals surface area contributed by atoms with E-state index in [4.69, 9.17) is 0 Å². The monoisotopic (exact) mass is 567 g/mol. The van der Waals surface area contributed by atoms with Crippen LogP contribution < -0.4 is 20.9 Å². The van der Waals surface area contributed by atoms with Crippen molar-refractivity contribution in [2.75, 3.05) is 23.7 Å². The molecular weight excluding hydrogens is 524 g/mol. The number of anilines is 1. The number of nitrogens with one attached hydrogen (secondary N) is 3. The molecule has 40 heavy (non-hydrogen) atoms. The maximum absolute atomic E-state index is 13.2. The number of amides is 4. The maximum atomic E-state index is 13.2. The maximum Gasteiger partial charge on any atom is 0.315 e. The number of para-hydroxylation sites is 1. The van der Waals surface area contributed by atoms with Crippen molar-refractivity contribution < 1.29 is 19.2 Å². The van der Waals surface area contributed by atoms with Crippen molar-refractivity contribution in [3.8, 4) is 11.8 Å². The quantitative estimate of drug-likeness (QED) is 0.106. The molecule has 2 aliphatic rings. The number of thioether (sulfide) groups is 1. The van der Waals surface area contributed by atoms with Crippen LogP contribution in [0.3, 0.4) is 0 Å². The lowest BCUT2D eigenvalue weighted by molar-refractivity contribution is -0.121. The number of ketones is 1. The number of hydrogen-bond acceptors (Lipinski definition) is 5. The molecule has 2 aliphatic heterocycles. The van der Waals surface area contributed by atoms with Crippen LogP contribution in [0.15, 0.2) is 30.3 Å². The van der Waals surface area contributed by atoms with E-state index in [1.165, 1.54) is 0 Å². The number of fused-ring (bicyclic) bond motifs is 1. The van der Waals surface area contributed by atoms with Crippen LogP contribution in [0.25, 0.3) is 0 Å². The Balaban J connectivity index is 1.29. The highest BCUT2D eigenvalue weighted by atomic mass is 32.2. The molecule has 1 aromatic carbocycles. The SMILES string of the molecule is [CH2]C#CC(=O)CCCCCNC(=O)CCCCCN(C(=O)CCCC[C@@H]1SC[C@@H]2NC(=O)N[C@@H]21)c1ccccc1. The van der Waals surface area contributed by atoms with Crippen LogP contribution in [-0.2, 0) is 14.4 Å². The zero-order chi connectivity index (χ0) is 28.6. The summed E-state index contributed by atoms with van der Waals surface area (Å²) in [5.74, 6) is 5.86. The lowest BCUT2D eigenvalue weighted by Gasteiger charge is -2.23. The molecule has 8 nitrogen and oxygen atoms in total. The van der Waals surface area contributed by atoms with Gasteiger partial charge in [-0.2, -0.15) is 11.8 Å². The van der Waals surface area contributed by atoms with E-state index in [-0.39, 0.29) is 35.7 Å². The summed E-state index contributed by atoms with van der Waals surface area (Å²) in [6.45, 7) is 4.61. The summed E-state index contributed by atoms with van der Waals surface area (Å²) in [6, 6.07) is 10.2. The third-order valence-electron chi connectivity index (χ3n) is 7.35. The third-order valence-corrected chi connectivity index (χ3v) is 8.86. The highest BCUT2D eigenvalue weighted by Crippen LogP contribution is 2.33. The van der Waals surface area contributed by atoms with Gasteiger partial charge in [-0.1, -0.05) is 43.4 Å². The summed E-state index contributed by atoms with van der Waals surface area (Å²) in [4.78, 5) is 50.1. The van der Waals surface area contributed by atoms with Gasteiger partial charge in [-0.25, -0.2) is 4.79 Å². The Morgan fingerprint density at radius 3 is 2.50 bits per heavy atom. The van der Waals surface area contributed by atoms with Gasteiger partial charge in [0.2, 0.25) is 17.6 Å². The average Bonchev–Trinajstić information content (AvgIpc) is 3.50. The largest absolute Gasteiger partial charge is 0.356 e.